The molecule has 1 aliphatic carbocycles. The molecule has 1 unspecified atom stereocenters. The van der Waals surface area contributed by atoms with Crippen molar-refractivity contribution in [3.63, 3.8) is 0 Å². The van der Waals surface area contributed by atoms with Gasteiger partial charge in [-0.25, -0.2) is 4.98 Å². The second-order valence-electron chi connectivity index (χ2n) is 8.21. The summed E-state index contributed by atoms with van der Waals surface area (Å²) in [5.41, 5.74) is 3.14. The van der Waals surface area contributed by atoms with Gasteiger partial charge in [0.25, 0.3) is 5.56 Å². The fourth-order valence-electron chi connectivity index (χ4n) is 3.83. The number of H-pyrrole nitrogens is 1. The Morgan fingerprint density at radius 2 is 2.19 bits per heavy atom. The number of amides is 1. The zero-order valence-corrected chi connectivity index (χ0v) is 21.2. The largest absolute Gasteiger partial charge is 0.326 e. The molecule has 8 heteroatoms. The molecule has 32 heavy (non-hydrogen) atoms. The van der Waals surface area contributed by atoms with E-state index in [-0.39, 0.29) is 11.5 Å². The number of nitrogens with zero attached hydrogens (tertiary/aromatic N) is 1. The Kier molecular flexibility index (Phi) is 7.63. The van der Waals surface area contributed by atoms with E-state index in [9.17, 15) is 9.59 Å². The average molecular weight is 488 g/mol. The maximum atomic E-state index is 12.5. The molecule has 0 aliphatic heterocycles. The highest BCUT2D eigenvalue weighted by Crippen LogP contribution is 2.34. The van der Waals surface area contributed by atoms with Crippen LogP contribution in [0.2, 0.25) is 0 Å². The second kappa shape index (κ2) is 10.4. The summed E-state index contributed by atoms with van der Waals surface area (Å²) in [6.07, 6.45) is 4.74. The van der Waals surface area contributed by atoms with Crippen molar-refractivity contribution >= 4 is 56.7 Å². The molecule has 0 bridgehead atoms. The van der Waals surface area contributed by atoms with Gasteiger partial charge in [0, 0.05) is 32.9 Å². The van der Waals surface area contributed by atoms with Crippen molar-refractivity contribution in [2.45, 2.75) is 68.8 Å². The molecule has 2 heterocycles. The lowest BCUT2D eigenvalue weighted by Gasteiger charge is -2.12. The van der Waals surface area contributed by atoms with Crippen LogP contribution in [0.3, 0.4) is 0 Å². The number of nitrogens with one attached hydrogen (secondary N) is 2. The van der Waals surface area contributed by atoms with E-state index in [1.54, 1.807) is 23.1 Å². The Morgan fingerprint density at radius 3 is 2.97 bits per heavy atom. The Balaban J connectivity index is 1.27. The van der Waals surface area contributed by atoms with E-state index < -0.39 is 0 Å². The number of fused-ring (bicyclic) bond motifs is 3. The third-order valence-electron chi connectivity index (χ3n) is 5.72. The number of aryl methyl sites for hydroxylation is 3. The normalized spacial score (nSPS) is 14.0. The number of aromatic nitrogens is 2. The second-order valence-corrected chi connectivity index (χ2v) is 11.9. The summed E-state index contributed by atoms with van der Waals surface area (Å²) in [5, 5.41) is 4.40. The first-order chi connectivity index (χ1) is 15.4. The van der Waals surface area contributed by atoms with Crippen LogP contribution in [-0.2, 0) is 23.4 Å². The highest BCUT2D eigenvalue weighted by atomic mass is 32.2. The van der Waals surface area contributed by atoms with Gasteiger partial charge in [-0.15, -0.1) is 23.1 Å². The molecule has 3 aromatic rings. The van der Waals surface area contributed by atoms with Gasteiger partial charge in [-0.3, -0.25) is 9.59 Å². The average Bonchev–Trinajstić information content (AvgIpc) is 3.34. The minimum Gasteiger partial charge on any atom is -0.326 e. The zero-order chi connectivity index (χ0) is 22.7. The van der Waals surface area contributed by atoms with Crippen LogP contribution >= 0.6 is 34.9 Å². The van der Waals surface area contributed by atoms with Crippen molar-refractivity contribution in [2.24, 2.45) is 0 Å². The minimum absolute atomic E-state index is 0.00881. The summed E-state index contributed by atoms with van der Waals surface area (Å²) < 4.78 is 0. The van der Waals surface area contributed by atoms with Crippen LogP contribution < -0.4 is 10.9 Å². The van der Waals surface area contributed by atoms with Crippen molar-refractivity contribution in [1.29, 1.82) is 0 Å². The number of aromatic amines is 1. The van der Waals surface area contributed by atoms with E-state index in [1.165, 1.54) is 15.3 Å². The van der Waals surface area contributed by atoms with Gasteiger partial charge in [-0.2, -0.15) is 11.8 Å². The highest BCUT2D eigenvalue weighted by molar-refractivity contribution is 8.00. The smallest absolute Gasteiger partial charge is 0.259 e. The van der Waals surface area contributed by atoms with Crippen molar-refractivity contribution in [3.05, 3.63) is 50.4 Å². The van der Waals surface area contributed by atoms with Gasteiger partial charge in [-0.05, 0) is 61.9 Å². The van der Waals surface area contributed by atoms with Crippen LogP contribution in [-0.4, -0.2) is 26.9 Å². The number of benzene rings is 1. The first kappa shape index (κ1) is 23.4. The Morgan fingerprint density at radius 1 is 1.34 bits per heavy atom. The number of rotatable bonds is 9. The number of thiophene rings is 1. The first-order valence-electron chi connectivity index (χ1n) is 11.1. The molecule has 1 amide bonds. The lowest BCUT2D eigenvalue weighted by Crippen LogP contribution is -2.14. The summed E-state index contributed by atoms with van der Waals surface area (Å²) in [4.78, 5) is 36.0. The maximum absolute atomic E-state index is 12.5. The molecule has 0 spiro atoms. The number of thioether (sulfide) groups is 2. The zero-order valence-electron chi connectivity index (χ0n) is 18.7. The fourth-order valence-corrected chi connectivity index (χ4v) is 6.93. The van der Waals surface area contributed by atoms with E-state index in [0.717, 1.165) is 47.2 Å². The monoisotopic (exact) mass is 487 g/mol. The van der Waals surface area contributed by atoms with Crippen LogP contribution in [0.15, 0.2) is 27.9 Å². The maximum Gasteiger partial charge on any atom is 0.259 e. The third-order valence-corrected chi connectivity index (χ3v) is 9.14. The van der Waals surface area contributed by atoms with E-state index in [4.69, 9.17) is 0 Å². The van der Waals surface area contributed by atoms with E-state index in [2.05, 4.69) is 41.3 Å². The Labute approximate surface area is 201 Å². The van der Waals surface area contributed by atoms with Crippen molar-refractivity contribution in [2.75, 3.05) is 11.1 Å². The van der Waals surface area contributed by atoms with Crippen LogP contribution in [0.4, 0.5) is 5.69 Å². The minimum atomic E-state index is -0.0202. The molecule has 0 saturated carbocycles. The summed E-state index contributed by atoms with van der Waals surface area (Å²) >= 11 is 5.14. The van der Waals surface area contributed by atoms with Gasteiger partial charge >= 0.3 is 0 Å². The molecule has 1 atom stereocenters. The van der Waals surface area contributed by atoms with Gasteiger partial charge in [0.15, 0.2) is 0 Å². The molecular formula is C24H29N3O2S3. The molecule has 0 saturated heterocycles. The number of hydrogen-bond donors (Lipinski definition) is 2. The summed E-state index contributed by atoms with van der Waals surface area (Å²) in [5.74, 6) is 1.98. The topological polar surface area (TPSA) is 74.8 Å². The highest BCUT2D eigenvalue weighted by Gasteiger charge is 2.21. The molecule has 2 aromatic heterocycles. The predicted molar refractivity (Wildman–Crippen MR) is 138 cm³/mol. The molecule has 1 aliphatic rings. The molecule has 170 valence electrons. The van der Waals surface area contributed by atoms with E-state index >= 15 is 0 Å². The van der Waals surface area contributed by atoms with Crippen molar-refractivity contribution in [1.82, 2.24) is 9.97 Å². The lowest BCUT2D eigenvalue weighted by molar-refractivity contribution is -0.115. The standard InChI is InChI=1S/C24H29N3O2S3/c1-4-15(3)31-16-8-9-18(14(2)12-16)25-21(28)10-11-30-13-20-26-23(29)22-17-6-5-7-19(17)32-24(22)27-20/h8-9,12,15H,4-7,10-11,13H2,1-3H3,(H,25,28)(H,26,27,29). The van der Waals surface area contributed by atoms with Crippen LogP contribution in [0, 0.1) is 6.92 Å². The Bertz CT molecular complexity index is 1190. The van der Waals surface area contributed by atoms with Gasteiger partial charge in [-0.1, -0.05) is 13.8 Å². The summed E-state index contributed by atoms with van der Waals surface area (Å²) in [7, 11) is 0. The molecule has 0 fully saturated rings. The number of anilines is 1. The molecular weight excluding hydrogens is 458 g/mol. The molecule has 5 nitrogen and oxygen atoms in total. The van der Waals surface area contributed by atoms with Crippen molar-refractivity contribution < 1.29 is 4.79 Å². The summed E-state index contributed by atoms with van der Waals surface area (Å²) in [6.45, 7) is 6.45. The van der Waals surface area contributed by atoms with Crippen LogP contribution in [0.5, 0.6) is 0 Å². The lowest BCUT2D eigenvalue weighted by atomic mass is 10.2. The predicted octanol–water partition coefficient (Wildman–Crippen LogP) is 5.93. The van der Waals surface area contributed by atoms with E-state index in [0.29, 0.717) is 29.0 Å². The number of carbonyl (C=O) groups excluding carboxylic acids is 1. The summed E-state index contributed by atoms with van der Waals surface area (Å²) in [6, 6.07) is 6.21. The molecule has 1 aromatic carbocycles. The van der Waals surface area contributed by atoms with Gasteiger partial charge in [0.2, 0.25) is 5.91 Å². The van der Waals surface area contributed by atoms with Gasteiger partial charge < -0.3 is 10.3 Å². The van der Waals surface area contributed by atoms with Crippen LogP contribution in [0.1, 0.15) is 54.9 Å². The quantitative estimate of drug-likeness (QED) is 0.289. The number of hydrogen-bond acceptors (Lipinski definition) is 6. The van der Waals surface area contributed by atoms with Crippen LogP contribution in [0.25, 0.3) is 10.2 Å². The molecule has 4 rings (SSSR count). The molecule has 2 N–H and O–H groups in total. The number of carbonyl (C=O) groups is 1. The third kappa shape index (κ3) is 5.41. The molecule has 0 radical (unpaired) electrons. The SMILES string of the molecule is CCC(C)Sc1ccc(NC(=O)CCSCc2nc3sc4c(c3c(=O)[nH]2)CCC4)c(C)c1. The fraction of sp³-hybridized carbons (Fsp3) is 0.458. The van der Waals surface area contributed by atoms with Crippen molar-refractivity contribution in [3.8, 4) is 0 Å². The van der Waals surface area contributed by atoms with Gasteiger partial charge in [0.05, 0.1) is 11.1 Å². The van der Waals surface area contributed by atoms with Gasteiger partial charge in [0.1, 0.15) is 10.7 Å². The first-order valence-corrected chi connectivity index (χ1v) is 14.0. The van der Waals surface area contributed by atoms with E-state index in [1.807, 2.05) is 24.8 Å². The Hall–Kier alpha value is -1.77.